The number of nitrogens with zero attached hydrogens (tertiary/aromatic N) is 3. The van der Waals surface area contributed by atoms with Crippen LogP contribution in [0.5, 0.6) is 0 Å². The summed E-state index contributed by atoms with van der Waals surface area (Å²) in [5.41, 5.74) is 2.54. The highest BCUT2D eigenvalue weighted by atomic mass is 19.2. The summed E-state index contributed by atoms with van der Waals surface area (Å²) in [6, 6.07) is 9.62. The van der Waals surface area contributed by atoms with Crippen molar-refractivity contribution in [3.8, 4) is 0 Å². The number of likely N-dealkylation sites (tertiary alicyclic amines) is 1. The van der Waals surface area contributed by atoms with Crippen molar-refractivity contribution in [3.05, 3.63) is 76.8 Å². The summed E-state index contributed by atoms with van der Waals surface area (Å²) in [6.45, 7) is 5.11. The normalized spacial score (nSPS) is 19.8. The van der Waals surface area contributed by atoms with Crippen molar-refractivity contribution in [3.63, 3.8) is 0 Å². The lowest BCUT2D eigenvalue weighted by atomic mass is 9.83. The molecule has 6 nitrogen and oxygen atoms in total. The second-order valence-corrected chi connectivity index (χ2v) is 9.36. The van der Waals surface area contributed by atoms with Crippen LogP contribution in [0.1, 0.15) is 55.7 Å². The Labute approximate surface area is 205 Å². The number of nitrogens with one attached hydrogen (secondary N) is 1. The van der Waals surface area contributed by atoms with Crippen LogP contribution in [0.2, 0.25) is 0 Å². The predicted octanol–water partition coefficient (Wildman–Crippen LogP) is 3.97. The SMILES string of the molecule is CC1=C(C(=O)NCCCN2CCC(c3ccccn3)CC2)[C@@H](c2ccc(F)c(F)c2)CC(=O)N1C. The molecule has 0 aliphatic carbocycles. The van der Waals surface area contributed by atoms with Gasteiger partial charge in [0.1, 0.15) is 0 Å². The van der Waals surface area contributed by atoms with Crippen LogP contribution in [-0.4, -0.2) is 59.8 Å². The van der Waals surface area contributed by atoms with Crippen LogP contribution in [0.25, 0.3) is 0 Å². The fraction of sp³-hybridized carbons (Fsp3) is 0.444. The molecule has 4 rings (SSSR count). The molecule has 8 heteroatoms. The first-order chi connectivity index (χ1) is 16.8. The smallest absolute Gasteiger partial charge is 0.249 e. The molecule has 1 atom stereocenters. The molecular weight excluding hydrogens is 450 g/mol. The van der Waals surface area contributed by atoms with Gasteiger partial charge in [0.05, 0.1) is 0 Å². The highest BCUT2D eigenvalue weighted by Crippen LogP contribution is 2.36. The number of carbonyl (C=O) groups is 2. The monoisotopic (exact) mass is 482 g/mol. The van der Waals surface area contributed by atoms with Crippen molar-refractivity contribution < 1.29 is 18.4 Å². The fourth-order valence-electron chi connectivity index (χ4n) is 5.04. The van der Waals surface area contributed by atoms with Gasteiger partial charge < -0.3 is 15.1 Å². The first kappa shape index (κ1) is 25.0. The molecule has 3 heterocycles. The van der Waals surface area contributed by atoms with Gasteiger partial charge >= 0.3 is 0 Å². The third-order valence-electron chi connectivity index (χ3n) is 7.22. The average molecular weight is 483 g/mol. The van der Waals surface area contributed by atoms with Gasteiger partial charge in [-0.05, 0) is 75.6 Å². The number of piperidine rings is 1. The third kappa shape index (κ3) is 5.75. The molecule has 0 spiro atoms. The van der Waals surface area contributed by atoms with Crippen LogP contribution in [0.4, 0.5) is 8.78 Å². The van der Waals surface area contributed by atoms with Crippen LogP contribution < -0.4 is 5.32 Å². The Hall–Kier alpha value is -3.13. The minimum Gasteiger partial charge on any atom is -0.352 e. The lowest BCUT2D eigenvalue weighted by Gasteiger charge is -2.33. The van der Waals surface area contributed by atoms with Crippen molar-refractivity contribution in [2.75, 3.05) is 33.2 Å². The molecule has 0 radical (unpaired) electrons. The minimum absolute atomic E-state index is 0.0346. The molecule has 2 aromatic rings. The molecule has 1 fully saturated rings. The highest BCUT2D eigenvalue weighted by molar-refractivity contribution is 5.99. The number of carbonyl (C=O) groups excluding carboxylic acids is 2. The Bertz CT molecular complexity index is 1100. The topological polar surface area (TPSA) is 65.5 Å². The van der Waals surface area contributed by atoms with Gasteiger partial charge in [-0.1, -0.05) is 12.1 Å². The maximum Gasteiger partial charge on any atom is 0.249 e. The number of pyridine rings is 1. The molecule has 0 saturated carbocycles. The summed E-state index contributed by atoms with van der Waals surface area (Å²) in [7, 11) is 1.63. The number of hydrogen-bond donors (Lipinski definition) is 1. The molecule has 2 amide bonds. The Kier molecular flexibility index (Phi) is 7.90. The number of amides is 2. The second-order valence-electron chi connectivity index (χ2n) is 9.36. The summed E-state index contributed by atoms with van der Waals surface area (Å²) >= 11 is 0. The van der Waals surface area contributed by atoms with Crippen molar-refractivity contribution >= 4 is 11.8 Å². The van der Waals surface area contributed by atoms with Crippen molar-refractivity contribution in [1.29, 1.82) is 0 Å². The van der Waals surface area contributed by atoms with E-state index in [1.165, 1.54) is 11.0 Å². The Balaban J connectivity index is 1.32. The van der Waals surface area contributed by atoms with E-state index in [0.717, 1.165) is 56.7 Å². The second kappa shape index (κ2) is 11.1. The van der Waals surface area contributed by atoms with Gasteiger partial charge in [-0.15, -0.1) is 0 Å². The molecule has 186 valence electrons. The van der Waals surface area contributed by atoms with Crippen molar-refractivity contribution in [2.24, 2.45) is 0 Å². The average Bonchev–Trinajstić information content (AvgIpc) is 2.87. The molecule has 2 aliphatic heterocycles. The molecular formula is C27H32F2N4O2. The van der Waals surface area contributed by atoms with Crippen molar-refractivity contribution in [1.82, 2.24) is 20.1 Å². The van der Waals surface area contributed by atoms with Crippen molar-refractivity contribution in [2.45, 2.75) is 44.4 Å². The van der Waals surface area contributed by atoms with Gasteiger partial charge in [0.25, 0.3) is 0 Å². The van der Waals surface area contributed by atoms with Gasteiger partial charge in [-0.25, -0.2) is 8.78 Å². The Morgan fingerprint density at radius 3 is 2.60 bits per heavy atom. The molecule has 0 unspecified atom stereocenters. The maximum atomic E-state index is 13.9. The van der Waals surface area contributed by atoms with Gasteiger partial charge in [0, 0.05) is 55.0 Å². The van der Waals surface area contributed by atoms with E-state index in [2.05, 4.69) is 21.3 Å². The quantitative estimate of drug-likeness (QED) is 0.607. The predicted molar refractivity (Wildman–Crippen MR) is 129 cm³/mol. The third-order valence-corrected chi connectivity index (χ3v) is 7.22. The molecule has 1 aromatic carbocycles. The summed E-state index contributed by atoms with van der Waals surface area (Å²) in [6.07, 6.45) is 4.83. The Morgan fingerprint density at radius 2 is 1.91 bits per heavy atom. The Morgan fingerprint density at radius 1 is 1.14 bits per heavy atom. The minimum atomic E-state index is -0.988. The van der Waals surface area contributed by atoms with E-state index in [9.17, 15) is 18.4 Å². The van der Waals surface area contributed by atoms with Crippen LogP contribution in [-0.2, 0) is 9.59 Å². The summed E-state index contributed by atoms with van der Waals surface area (Å²) in [4.78, 5) is 33.9. The first-order valence-electron chi connectivity index (χ1n) is 12.2. The van der Waals surface area contributed by atoms with Gasteiger partial charge in [0.15, 0.2) is 11.6 Å². The number of rotatable bonds is 7. The van der Waals surface area contributed by atoms with E-state index in [1.54, 1.807) is 14.0 Å². The standard InChI is InChI=1S/C27H32F2N4O2/c1-18-26(21(17-25(34)32(18)2)20-7-8-22(28)23(29)16-20)27(35)31-12-5-13-33-14-9-19(10-15-33)24-6-3-4-11-30-24/h3-4,6-8,11,16,19,21H,5,9-10,12-15,17H2,1-2H3,(H,31,35)/t21-/m1/s1. The maximum absolute atomic E-state index is 13.9. The van der Waals surface area contributed by atoms with E-state index >= 15 is 0 Å². The molecule has 1 saturated heterocycles. The highest BCUT2D eigenvalue weighted by Gasteiger charge is 2.35. The zero-order valence-electron chi connectivity index (χ0n) is 20.3. The number of hydrogen-bond acceptors (Lipinski definition) is 4. The van der Waals surface area contributed by atoms with E-state index in [0.29, 0.717) is 29.3 Å². The lowest BCUT2D eigenvalue weighted by molar-refractivity contribution is -0.129. The van der Waals surface area contributed by atoms with Crippen LogP contribution >= 0.6 is 0 Å². The van der Waals surface area contributed by atoms with Gasteiger partial charge in [-0.2, -0.15) is 0 Å². The van der Waals surface area contributed by atoms with Crippen LogP contribution in [0.15, 0.2) is 53.9 Å². The molecule has 2 aliphatic rings. The molecule has 35 heavy (non-hydrogen) atoms. The van der Waals surface area contributed by atoms with Crippen LogP contribution in [0, 0.1) is 11.6 Å². The zero-order valence-corrected chi connectivity index (χ0v) is 20.3. The van der Waals surface area contributed by atoms with E-state index < -0.39 is 17.6 Å². The van der Waals surface area contributed by atoms with Gasteiger partial charge in [0.2, 0.25) is 11.8 Å². The summed E-state index contributed by atoms with van der Waals surface area (Å²) < 4.78 is 27.3. The van der Waals surface area contributed by atoms with Crippen LogP contribution in [0.3, 0.4) is 0 Å². The fourth-order valence-corrected chi connectivity index (χ4v) is 5.04. The first-order valence-corrected chi connectivity index (χ1v) is 12.2. The summed E-state index contributed by atoms with van der Waals surface area (Å²) in [5, 5.41) is 2.98. The van der Waals surface area contributed by atoms with E-state index in [4.69, 9.17) is 0 Å². The largest absolute Gasteiger partial charge is 0.352 e. The number of aromatic nitrogens is 1. The number of allylic oxidation sites excluding steroid dienone is 1. The number of benzene rings is 1. The van der Waals surface area contributed by atoms with E-state index in [1.807, 2.05) is 18.3 Å². The summed E-state index contributed by atoms with van der Waals surface area (Å²) in [5.74, 6) is -2.49. The molecule has 0 bridgehead atoms. The number of halogens is 2. The van der Waals surface area contributed by atoms with E-state index in [-0.39, 0.29) is 18.2 Å². The molecule has 1 N–H and O–H groups in total. The lowest BCUT2D eigenvalue weighted by Crippen LogP contribution is -2.40. The van der Waals surface area contributed by atoms with Gasteiger partial charge in [-0.3, -0.25) is 14.6 Å². The zero-order chi connectivity index (χ0) is 24.9. The molecule has 1 aromatic heterocycles.